The van der Waals surface area contributed by atoms with Gasteiger partial charge in [-0.25, -0.2) is 0 Å². The van der Waals surface area contributed by atoms with E-state index in [1.54, 1.807) is 0 Å². The SMILES string of the molecule is CC(C#N)c1ccccc1C1OCCO1. The molecule has 1 unspecified atom stereocenters. The van der Waals surface area contributed by atoms with E-state index in [0.29, 0.717) is 13.2 Å². The van der Waals surface area contributed by atoms with E-state index in [4.69, 9.17) is 14.7 Å². The summed E-state index contributed by atoms with van der Waals surface area (Å²) in [6.07, 6.45) is -0.294. The van der Waals surface area contributed by atoms with E-state index >= 15 is 0 Å². The minimum atomic E-state index is -0.294. The summed E-state index contributed by atoms with van der Waals surface area (Å²) in [6, 6.07) is 10.0. The summed E-state index contributed by atoms with van der Waals surface area (Å²) in [4.78, 5) is 0. The maximum Gasteiger partial charge on any atom is 0.184 e. The summed E-state index contributed by atoms with van der Waals surface area (Å²) in [7, 11) is 0. The molecule has 1 fully saturated rings. The van der Waals surface area contributed by atoms with Gasteiger partial charge < -0.3 is 9.47 Å². The molecule has 1 aliphatic rings. The first-order valence-electron chi connectivity index (χ1n) is 5.04. The van der Waals surface area contributed by atoms with Gasteiger partial charge in [0.15, 0.2) is 6.29 Å². The Kier molecular flexibility index (Phi) is 3.00. The predicted octanol–water partition coefficient (Wildman–Crippen LogP) is 2.36. The normalized spacial score (nSPS) is 18.7. The highest BCUT2D eigenvalue weighted by Crippen LogP contribution is 2.30. The van der Waals surface area contributed by atoms with Crippen molar-refractivity contribution in [3.05, 3.63) is 35.4 Å². The number of rotatable bonds is 2. The van der Waals surface area contributed by atoms with Gasteiger partial charge in [-0.1, -0.05) is 24.3 Å². The first kappa shape index (κ1) is 10.2. The van der Waals surface area contributed by atoms with Crippen LogP contribution in [0.3, 0.4) is 0 Å². The largest absolute Gasteiger partial charge is 0.346 e. The van der Waals surface area contributed by atoms with E-state index in [1.807, 2.05) is 31.2 Å². The van der Waals surface area contributed by atoms with Crippen molar-refractivity contribution in [1.82, 2.24) is 0 Å². The molecule has 1 heterocycles. The molecular weight excluding hydrogens is 190 g/mol. The van der Waals surface area contributed by atoms with Gasteiger partial charge in [0, 0.05) is 5.56 Å². The van der Waals surface area contributed by atoms with Gasteiger partial charge in [0.25, 0.3) is 0 Å². The lowest BCUT2D eigenvalue weighted by molar-refractivity contribution is -0.0447. The van der Waals surface area contributed by atoms with Gasteiger partial charge in [0.05, 0.1) is 25.2 Å². The molecule has 0 radical (unpaired) electrons. The predicted molar refractivity (Wildman–Crippen MR) is 55.1 cm³/mol. The van der Waals surface area contributed by atoms with E-state index in [2.05, 4.69) is 6.07 Å². The Morgan fingerprint density at radius 2 is 2.00 bits per heavy atom. The van der Waals surface area contributed by atoms with Crippen LogP contribution < -0.4 is 0 Å². The van der Waals surface area contributed by atoms with Crippen LogP contribution in [0.25, 0.3) is 0 Å². The zero-order valence-corrected chi connectivity index (χ0v) is 8.64. The fourth-order valence-corrected chi connectivity index (χ4v) is 1.73. The first-order chi connectivity index (χ1) is 7.33. The molecule has 1 aliphatic heterocycles. The third-order valence-electron chi connectivity index (χ3n) is 2.53. The van der Waals surface area contributed by atoms with Crippen molar-refractivity contribution in [2.24, 2.45) is 0 Å². The summed E-state index contributed by atoms with van der Waals surface area (Å²) in [6.45, 7) is 3.13. The Hall–Kier alpha value is -1.37. The molecule has 0 N–H and O–H groups in total. The second-order valence-corrected chi connectivity index (χ2v) is 3.55. The van der Waals surface area contributed by atoms with E-state index < -0.39 is 0 Å². The van der Waals surface area contributed by atoms with Gasteiger partial charge in [0.1, 0.15) is 0 Å². The molecule has 1 aromatic carbocycles. The summed E-state index contributed by atoms with van der Waals surface area (Å²) >= 11 is 0. The smallest absolute Gasteiger partial charge is 0.184 e. The van der Waals surface area contributed by atoms with E-state index in [9.17, 15) is 0 Å². The molecule has 0 amide bonds. The highest BCUT2D eigenvalue weighted by Gasteiger charge is 2.22. The Morgan fingerprint density at radius 1 is 1.33 bits per heavy atom. The van der Waals surface area contributed by atoms with E-state index in [0.717, 1.165) is 11.1 Å². The van der Waals surface area contributed by atoms with Gasteiger partial charge in [-0.05, 0) is 12.5 Å². The second-order valence-electron chi connectivity index (χ2n) is 3.55. The molecule has 0 saturated carbocycles. The van der Waals surface area contributed by atoms with Gasteiger partial charge in [-0.3, -0.25) is 0 Å². The van der Waals surface area contributed by atoms with Crippen molar-refractivity contribution in [1.29, 1.82) is 5.26 Å². The topological polar surface area (TPSA) is 42.2 Å². The van der Waals surface area contributed by atoms with Crippen LogP contribution in [0, 0.1) is 11.3 Å². The number of hydrogen-bond acceptors (Lipinski definition) is 3. The lowest BCUT2D eigenvalue weighted by atomic mass is 9.96. The molecule has 3 heteroatoms. The van der Waals surface area contributed by atoms with Crippen molar-refractivity contribution in [2.75, 3.05) is 13.2 Å². The van der Waals surface area contributed by atoms with Gasteiger partial charge in [-0.15, -0.1) is 0 Å². The van der Waals surface area contributed by atoms with Crippen LogP contribution in [0.15, 0.2) is 24.3 Å². The molecule has 2 rings (SSSR count). The molecule has 3 nitrogen and oxygen atoms in total. The standard InChI is InChI=1S/C12H13NO2/c1-9(8-13)10-4-2-3-5-11(10)12-14-6-7-15-12/h2-5,9,12H,6-7H2,1H3. The fourth-order valence-electron chi connectivity index (χ4n) is 1.73. The minimum absolute atomic E-state index is 0.131. The Morgan fingerprint density at radius 3 is 2.67 bits per heavy atom. The van der Waals surface area contributed by atoms with Crippen molar-refractivity contribution >= 4 is 0 Å². The average Bonchev–Trinajstić information content (AvgIpc) is 2.81. The van der Waals surface area contributed by atoms with Crippen LogP contribution in [0.5, 0.6) is 0 Å². The highest BCUT2D eigenvalue weighted by molar-refractivity contribution is 5.34. The quantitative estimate of drug-likeness (QED) is 0.741. The van der Waals surface area contributed by atoms with Crippen molar-refractivity contribution < 1.29 is 9.47 Å². The molecular formula is C12H13NO2. The zero-order valence-electron chi connectivity index (χ0n) is 8.64. The van der Waals surface area contributed by atoms with Crippen molar-refractivity contribution in [3.63, 3.8) is 0 Å². The molecule has 0 aliphatic carbocycles. The number of nitrogens with zero attached hydrogens (tertiary/aromatic N) is 1. The summed E-state index contributed by atoms with van der Waals surface area (Å²) < 4.78 is 10.9. The van der Waals surface area contributed by atoms with Crippen LogP contribution in [-0.4, -0.2) is 13.2 Å². The monoisotopic (exact) mass is 203 g/mol. The number of nitriles is 1. The Balaban J connectivity index is 2.33. The molecule has 0 aromatic heterocycles. The molecule has 15 heavy (non-hydrogen) atoms. The molecule has 1 saturated heterocycles. The number of benzene rings is 1. The van der Waals surface area contributed by atoms with Crippen molar-refractivity contribution in [2.45, 2.75) is 19.1 Å². The second kappa shape index (κ2) is 4.43. The van der Waals surface area contributed by atoms with Crippen LogP contribution in [0.4, 0.5) is 0 Å². The molecule has 78 valence electrons. The average molecular weight is 203 g/mol. The van der Waals surface area contributed by atoms with Gasteiger partial charge >= 0.3 is 0 Å². The molecule has 1 atom stereocenters. The molecule has 0 spiro atoms. The maximum absolute atomic E-state index is 8.92. The number of hydrogen-bond donors (Lipinski definition) is 0. The first-order valence-corrected chi connectivity index (χ1v) is 5.04. The Bertz CT molecular complexity index is 377. The van der Waals surface area contributed by atoms with Crippen molar-refractivity contribution in [3.8, 4) is 6.07 Å². The Labute approximate surface area is 89.2 Å². The lowest BCUT2D eigenvalue weighted by Gasteiger charge is -2.15. The molecule has 0 bridgehead atoms. The third kappa shape index (κ3) is 2.01. The van der Waals surface area contributed by atoms with Crippen LogP contribution in [0.1, 0.15) is 30.3 Å². The number of ether oxygens (including phenoxy) is 2. The van der Waals surface area contributed by atoms with Crippen LogP contribution in [-0.2, 0) is 9.47 Å². The summed E-state index contributed by atoms with van der Waals surface area (Å²) in [5.74, 6) is -0.131. The highest BCUT2D eigenvalue weighted by atomic mass is 16.7. The summed E-state index contributed by atoms with van der Waals surface area (Å²) in [5.41, 5.74) is 1.97. The van der Waals surface area contributed by atoms with Crippen LogP contribution in [0.2, 0.25) is 0 Å². The summed E-state index contributed by atoms with van der Waals surface area (Å²) in [5, 5.41) is 8.92. The minimum Gasteiger partial charge on any atom is -0.346 e. The third-order valence-corrected chi connectivity index (χ3v) is 2.53. The van der Waals surface area contributed by atoms with Gasteiger partial charge in [-0.2, -0.15) is 5.26 Å². The zero-order chi connectivity index (χ0) is 10.7. The lowest BCUT2D eigenvalue weighted by Crippen LogP contribution is -2.04. The van der Waals surface area contributed by atoms with Gasteiger partial charge in [0.2, 0.25) is 0 Å². The van der Waals surface area contributed by atoms with Crippen LogP contribution >= 0.6 is 0 Å². The van der Waals surface area contributed by atoms with E-state index in [-0.39, 0.29) is 12.2 Å². The van der Waals surface area contributed by atoms with E-state index in [1.165, 1.54) is 0 Å². The maximum atomic E-state index is 8.92. The molecule has 1 aromatic rings. The fraction of sp³-hybridized carbons (Fsp3) is 0.417.